The van der Waals surface area contributed by atoms with Gasteiger partial charge in [0.1, 0.15) is 5.82 Å². The summed E-state index contributed by atoms with van der Waals surface area (Å²) in [5, 5.41) is 2.81. The molecule has 2 saturated heterocycles. The van der Waals surface area contributed by atoms with Crippen molar-refractivity contribution >= 4 is 23.2 Å². The fourth-order valence-electron chi connectivity index (χ4n) is 4.12. The van der Waals surface area contributed by atoms with Gasteiger partial charge in [-0.3, -0.25) is 9.59 Å². The van der Waals surface area contributed by atoms with Gasteiger partial charge in [-0.25, -0.2) is 4.39 Å². The molecule has 0 unspecified atom stereocenters. The van der Waals surface area contributed by atoms with Gasteiger partial charge in [0, 0.05) is 43.1 Å². The Morgan fingerprint density at radius 3 is 2.31 bits per heavy atom. The Morgan fingerprint density at radius 1 is 0.862 bits per heavy atom. The smallest absolute Gasteiger partial charge is 0.256 e. The summed E-state index contributed by atoms with van der Waals surface area (Å²) < 4.78 is 13.4. The highest BCUT2D eigenvalue weighted by atomic mass is 19.1. The molecule has 2 aromatic rings. The normalized spacial score (nSPS) is 16.7. The number of amides is 2. The molecule has 152 valence electrons. The van der Waals surface area contributed by atoms with Crippen molar-refractivity contribution in [2.75, 3.05) is 36.4 Å². The third-order valence-corrected chi connectivity index (χ3v) is 5.66. The lowest BCUT2D eigenvalue weighted by Crippen LogP contribution is -2.34. The number of halogens is 1. The van der Waals surface area contributed by atoms with Crippen LogP contribution in [0.15, 0.2) is 42.5 Å². The molecule has 0 radical (unpaired) electrons. The molecule has 0 aromatic heterocycles. The van der Waals surface area contributed by atoms with E-state index in [-0.39, 0.29) is 11.5 Å². The minimum atomic E-state index is -0.456. The van der Waals surface area contributed by atoms with E-state index in [0.29, 0.717) is 11.3 Å². The van der Waals surface area contributed by atoms with Crippen molar-refractivity contribution < 1.29 is 14.0 Å². The van der Waals surface area contributed by atoms with Crippen molar-refractivity contribution in [2.45, 2.75) is 32.1 Å². The van der Waals surface area contributed by atoms with Crippen LogP contribution in [0.5, 0.6) is 0 Å². The van der Waals surface area contributed by atoms with Gasteiger partial charge in [-0.1, -0.05) is 6.07 Å². The van der Waals surface area contributed by atoms with Crippen LogP contribution in [0, 0.1) is 5.82 Å². The quantitative estimate of drug-likeness (QED) is 0.840. The number of nitrogens with zero attached hydrogens (tertiary/aromatic N) is 2. The van der Waals surface area contributed by atoms with E-state index in [2.05, 4.69) is 10.2 Å². The molecule has 29 heavy (non-hydrogen) atoms. The summed E-state index contributed by atoms with van der Waals surface area (Å²) >= 11 is 0. The average molecular weight is 395 g/mol. The first kappa shape index (κ1) is 19.4. The highest BCUT2D eigenvalue weighted by molar-refractivity contribution is 6.06. The summed E-state index contributed by atoms with van der Waals surface area (Å²) in [4.78, 5) is 29.9. The number of likely N-dealkylation sites (tertiary alicyclic amines) is 1. The van der Waals surface area contributed by atoms with Crippen LogP contribution in [-0.2, 0) is 0 Å². The van der Waals surface area contributed by atoms with Crippen LogP contribution >= 0.6 is 0 Å². The van der Waals surface area contributed by atoms with Crippen molar-refractivity contribution in [3.8, 4) is 0 Å². The van der Waals surface area contributed by atoms with Crippen LogP contribution in [0.3, 0.4) is 0 Å². The maximum atomic E-state index is 13.4. The predicted octanol–water partition coefficient (Wildman–Crippen LogP) is 4.30. The van der Waals surface area contributed by atoms with Gasteiger partial charge in [-0.05, 0) is 68.5 Å². The van der Waals surface area contributed by atoms with E-state index in [9.17, 15) is 14.0 Å². The van der Waals surface area contributed by atoms with Gasteiger partial charge in [0.25, 0.3) is 11.8 Å². The minimum Gasteiger partial charge on any atom is -0.371 e. The van der Waals surface area contributed by atoms with Crippen LogP contribution < -0.4 is 10.2 Å². The summed E-state index contributed by atoms with van der Waals surface area (Å²) in [6, 6.07) is 11.1. The Hall–Kier alpha value is -2.89. The Kier molecular flexibility index (Phi) is 5.79. The second-order valence-corrected chi connectivity index (χ2v) is 7.74. The summed E-state index contributed by atoms with van der Waals surface area (Å²) in [6.45, 7) is 3.43. The number of benzene rings is 2. The predicted molar refractivity (Wildman–Crippen MR) is 112 cm³/mol. The Morgan fingerprint density at radius 2 is 1.59 bits per heavy atom. The first-order valence-electron chi connectivity index (χ1n) is 10.4. The van der Waals surface area contributed by atoms with Crippen molar-refractivity contribution in [1.82, 2.24) is 4.90 Å². The average Bonchev–Trinajstić information content (AvgIpc) is 3.29. The molecule has 2 heterocycles. The summed E-state index contributed by atoms with van der Waals surface area (Å²) in [7, 11) is 0. The molecule has 2 fully saturated rings. The molecule has 0 atom stereocenters. The van der Waals surface area contributed by atoms with E-state index < -0.39 is 11.7 Å². The highest BCUT2D eigenvalue weighted by Crippen LogP contribution is 2.29. The number of hydrogen-bond donors (Lipinski definition) is 1. The van der Waals surface area contributed by atoms with Crippen molar-refractivity contribution in [3.05, 3.63) is 59.4 Å². The molecule has 0 saturated carbocycles. The molecule has 1 N–H and O–H groups in total. The first-order chi connectivity index (χ1) is 14.1. The Labute approximate surface area is 170 Å². The zero-order valence-corrected chi connectivity index (χ0v) is 16.5. The van der Waals surface area contributed by atoms with Gasteiger partial charge in [0.05, 0.1) is 5.56 Å². The molecule has 0 spiro atoms. The lowest BCUT2D eigenvalue weighted by atomic mass is 10.0. The number of anilines is 2. The van der Waals surface area contributed by atoms with Gasteiger partial charge in [0.2, 0.25) is 0 Å². The Balaban J connectivity index is 1.62. The maximum Gasteiger partial charge on any atom is 0.256 e. The Bertz CT molecular complexity index is 903. The van der Waals surface area contributed by atoms with Crippen LogP contribution in [0.2, 0.25) is 0 Å². The number of piperidine rings is 1. The maximum absolute atomic E-state index is 13.4. The number of carbonyl (C=O) groups is 2. The van der Waals surface area contributed by atoms with E-state index in [1.165, 1.54) is 24.6 Å². The summed E-state index contributed by atoms with van der Waals surface area (Å²) in [6.07, 6.45) is 5.51. The number of rotatable bonds is 4. The van der Waals surface area contributed by atoms with Gasteiger partial charge in [-0.2, -0.15) is 0 Å². The first-order valence-corrected chi connectivity index (χ1v) is 10.4. The van der Waals surface area contributed by atoms with Crippen LogP contribution in [0.4, 0.5) is 15.8 Å². The molecule has 2 aromatic carbocycles. The SMILES string of the molecule is O=C(Nc1ccc(N2CCCCC2)c(C(=O)N2CCCC2)c1)c1cccc(F)c1. The summed E-state index contributed by atoms with van der Waals surface area (Å²) in [5.74, 6) is -0.831. The third-order valence-electron chi connectivity index (χ3n) is 5.66. The van der Waals surface area contributed by atoms with Crippen LogP contribution in [0.1, 0.15) is 52.8 Å². The molecule has 0 bridgehead atoms. The second kappa shape index (κ2) is 8.64. The molecule has 0 aliphatic carbocycles. The fraction of sp³-hybridized carbons (Fsp3) is 0.391. The van der Waals surface area contributed by atoms with E-state index in [0.717, 1.165) is 57.5 Å². The zero-order valence-electron chi connectivity index (χ0n) is 16.5. The number of hydrogen-bond acceptors (Lipinski definition) is 3. The molecule has 2 amide bonds. The molecule has 5 nitrogen and oxygen atoms in total. The topological polar surface area (TPSA) is 52.7 Å². The summed E-state index contributed by atoms with van der Waals surface area (Å²) in [5.41, 5.74) is 2.36. The molecule has 2 aliphatic rings. The highest BCUT2D eigenvalue weighted by Gasteiger charge is 2.25. The lowest BCUT2D eigenvalue weighted by molar-refractivity contribution is 0.0793. The van der Waals surface area contributed by atoms with E-state index in [1.807, 2.05) is 17.0 Å². The van der Waals surface area contributed by atoms with E-state index in [4.69, 9.17) is 0 Å². The largest absolute Gasteiger partial charge is 0.371 e. The van der Waals surface area contributed by atoms with E-state index >= 15 is 0 Å². The van der Waals surface area contributed by atoms with Gasteiger partial charge < -0.3 is 15.1 Å². The molecular weight excluding hydrogens is 369 g/mol. The second-order valence-electron chi connectivity index (χ2n) is 7.74. The third kappa shape index (κ3) is 4.42. The zero-order chi connectivity index (χ0) is 20.2. The molecule has 2 aliphatic heterocycles. The van der Waals surface area contributed by atoms with Gasteiger partial charge in [-0.15, -0.1) is 0 Å². The number of nitrogens with one attached hydrogen (secondary N) is 1. The number of carbonyl (C=O) groups excluding carboxylic acids is 2. The van der Waals surface area contributed by atoms with Crippen LogP contribution in [-0.4, -0.2) is 42.9 Å². The lowest BCUT2D eigenvalue weighted by Gasteiger charge is -2.31. The van der Waals surface area contributed by atoms with Crippen LogP contribution in [0.25, 0.3) is 0 Å². The van der Waals surface area contributed by atoms with E-state index in [1.54, 1.807) is 12.1 Å². The standard InChI is InChI=1S/C23H26FN3O2/c24-18-8-6-7-17(15-18)22(28)25-19-9-10-21(26-11-2-1-3-12-26)20(16-19)23(29)27-13-4-5-14-27/h6-10,15-16H,1-5,11-14H2,(H,25,28). The van der Waals surface area contributed by atoms with Crippen molar-refractivity contribution in [2.24, 2.45) is 0 Å². The van der Waals surface area contributed by atoms with Crippen molar-refractivity contribution in [3.63, 3.8) is 0 Å². The fourth-order valence-corrected chi connectivity index (χ4v) is 4.12. The monoisotopic (exact) mass is 395 g/mol. The van der Waals surface area contributed by atoms with Crippen molar-refractivity contribution in [1.29, 1.82) is 0 Å². The van der Waals surface area contributed by atoms with Gasteiger partial charge >= 0.3 is 0 Å². The molecular formula is C23H26FN3O2. The molecule has 4 rings (SSSR count). The molecule has 6 heteroatoms. The van der Waals surface area contributed by atoms with Gasteiger partial charge in [0.15, 0.2) is 0 Å². The minimum absolute atomic E-state index is 0.0185.